The van der Waals surface area contributed by atoms with Gasteiger partial charge in [-0.3, -0.25) is 4.79 Å². The lowest BCUT2D eigenvalue weighted by Crippen LogP contribution is -2.16. The summed E-state index contributed by atoms with van der Waals surface area (Å²) in [6.07, 6.45) is 5.30. The molecule has 0 N–H and O–H groups in total. The Hall–Kier alpha value is -2.30. The second kappa shape index (κ2) is 5.83. The number of halogens is 2. The third-order valence-electron chi connectivity index (χ3n) is 2.87. The zero-order valence-electron chi connectivity index (χ0n) is 11.0. The van der Waals surface area contributed by atoms with Gasteiger partial charge in [-0.1, -0.05) is 23.3 Å². The Morgan fingerprint density at radius 3 is 2.91 bits per heavy atom. The van der Waals surface area contributed by atoms with Gasteiger partial charge in [0.15, 0.2) is 10.6 Å². The molecule has 0 fully saturated rings. The Balaban J connectivity index is 2.25. The molecule has 110 valence electrons. The first-order valence-corrected chi connectivity index (χ1v) is 7.84. The minimum Gasteiger partial charge on any atom is -0.302 e. The van der Waals surface area contributed by atoms with Gasteiger partial charge in [0.05, 0.1) is 21.6 Å². The number of thiazole rings is 1. The minimum absolute atomic E-state index is 0.0408. The van der Waals surface area contributed by atoms with Gasteiger partial charge < -0.3 is 4.57 Å². The molecule has 0 aliphatic carbocycles. The summed E-state index contributed by atoms with van der Waals surface area (Å²) in [5, 5.41) is 1.76. The zero-order valence-corrected chi connectivity index (χ0v) is 12.7. The highest BCUT2D eigenvalue weighted by atomic mass is 32.1. The van der Waals surface area contributed by atoms with Gasteiger partial charge in [-0.25, -0.2) is 8.78 Å². The third kappa shape index (κ3) is 2.58. The van der Waals surface area contributed by atoms with E-state index < -0.39 is 17.5 Å². The van der Waals surface area contributed by atoms with Gasteiger partial charge in [0.2, 0.25) is 0 Å². The SMILES string of the molecule is C#CCn1c(=NC(=O)c2cccs2)sc2cc(F)cc(F)c21. The molecule has 0 aliphatic heterocycles. The predicted octanol–water partition coefficient (Wildman–Crippen LogP) is 3.42. The molecule has 2 heterocycles. The maximum absolute atomic E-state index is 14.0. The molecule has 0 atom stereocenters. The number of benzene rings is 1. The van der Waals surface area contributed by atoms with Crippen molar-refractivity contribution in [3.05, 3.63) is 51.0 Å². The van der Waals surface area contributed by atoms with Crippen LogP contribution in [0.3, 0.4) is 0 Å². The van der Waals surface area contributed by atoms with Crippen LogP contribution in [0.15, 0.2) is 34.6 Å². The molecule has 2 aromatic heterocycles. The van der Waals surface area contributed by atoms with Crippen LogP contribution in [-0.4, -0.2) is 10.5 Å². The third-order valence-corrected chi connectivity index (χ3v) is 4.76. The summed E-state index contributed by atoms with van der Waals surface area (Å²) < 4.78 is 29.1. The van der Waals surface area contributed by atoms with E-state index in [1.807, 2.05) is 0 Å². The maximum Gasteiger partial charge on any atom is 0.289 e. The average Bonchev–Trinajstić information content (AvgIpc) is 3.08. The van der Waals surface area contributed by atoms with Crippen LogP contribution >= 0.6 is 22.7 Å². The molecule has 3 nitrogen and oxygen atoms in total. The molecule has 0 aliphatic rings. The number of aromatic nitrogens is 1. The number of nitrogens with zero attached hydrogens (tertiary/aromatic N) is 2. The van der Waals surface area contributed by atoms with E-state index in [4.69, 9.17) is 6.42 Å². The number of carbonyl (C=O) groups excluding carboxylic acids is 1. The summed E-state index contributed by atoms with van der Waals surface area (Å²) in [7, 11) is 0. The molecule has 0 spiro atoms. The standard InChI is InChI=1S/C15H8F2N2OS2/c1-2-5-19-13-10(17)7-9(16)8-12(13)22-15(19)18-14(20)11-4-3-6-21-11/h1,3-4,6-8H,5H2. The van der Waals surface area contributed by atoms with Crippen molar-refractivity contribution in [2.24, 2.45) is 4.99 Å². The predicted molar refractivity (Wildman–Crippen MR) is 82.8 cm³/mol. The molecule has 1 amide bonds. The summed E-state index contributed by atoms with van der Waals surface area (Å²) in [4.78, 5) is 16.8. The van der Waals surface area contributed by atoms with Gasteiger partial charge in [-0.05, 0) is 17.5 Å². The van der Waals surface area contributed by atoms with Gasteiger partial charge in [0.25, 0.3) is 5.91 Å². The Morgan fingerprint density at radius 1 is 1.41 bits per heavy atom. The highest BCUT2D eigenvalue weighted by Gasteiger charge is 2.14. The number of thiophene rings is 1. The lowest BCUT2D eigenvalue weighted by molar-refractivity contribution is 0.100. The Kier molecular flexibility index (Phi) is 3.88. The summed E-state index contributed by atoms with van der Waals surface area (Å²) >= 11 is 2.28. The first-order chi connectivity index (χ1) is 10.6. The molecule has 0 unspecified atom stereocenters. The molecule has 22 heavy (non-hydrogen) atoms. The van der Waals surface area contributed by atoms with Crippen molar-refractivity contribution in [1.82, 2.24) is 4.57 Å². The smallest absolute Gasteiger partial charge is 0.289 e. The van der Waals surface area contributed by atoms with Crippen LogP contribution in [0, 0.1) is 24.0 Å². The largest absolute Gasteiger partial charge is 0.302 e. The van der Waals surface area contributed by atoms with Crippen LogP contribution in [0.25, 0.3) is 10.2 Å². The number of fused-ring (bicyclic) bond motifs is 1. The monoisotopic (exact) mass is 334 g/mol. The van der Waals surface area contributed by atoms with E-state index in [0.29, 0.717) is 9.58 Å². The molecule has 0 radical (unpaired) electrons. The quantitative estimate of drug-likeness (QED) is 0.661. The maximum atomic E-state index is 14.0. The molecule has 3 aromatic rings. The van der Waals surface area contributed by atoms with Crippen LogP contribution in [0.1, 0.15) is 9.67 Å². The minimum atomic E-state index is -0.730. The number of terminal acetylenes is 1. The second-order valence-corrected chi connectivity index (χ2v) is 6.26. The summed E-state index contributed by atoms with van der Waals surface area (Å²) in [6.45, 7) is 0.0408. The summed E-state index contributed by atoms with van der Waals surface area (Å²) in [5.74, 6) is 0.541. The van der Waals surface area contributed by atoms with E-state index in [9.17, 15) is 13.6 Å². The Labute approximate surface area is 132 Å². The molecule has 0 saturated carbocycles. The second-order valence-electron chi connectivity index (χ2n) is 4.30. The van der Waals surface area contributed by atoms with Crippen LogP contribution in [0.4, 0.5) is 8.78 Å². The number of rotatable bonds is 2. The Morgan fingerprint density at radius 2 is 2.23 bits per heavy atom. The van der Waals surface area contributed by atoms with E-state index in [0.717, 1.165) is 17.4 Å². The molecule has 0 saturated heterocycles. The van der Waals surface area contributed by atoms with Gasteiger partial charge >= 0.3 is 0 Å². The van der Waals surface area contributed by atoms with Gasteiger partial charge in [0, 0.05) is 6.07 Å². The van der Waals surface area contributed by atoms with Crippen molar-refractivity contribution >= 4 is 38.8 Å². The lowest BCUT2D eigenvalue weighted by Gasteiger charge is -2.00. The fourth-order valence-corrected chi connectivity index (χ4v) is 3.67. The fourth-order valence-electron chi connectivity index (χ4n) is 1.99. The average molecular weight is 334 g/mol. The number of carbonyl (C=O) groups is 1. The molecular weight excluding hydrogens is 326 g/mol. The highest BCUT2D eigenvalue weighted by molar-refractivity contribution is 7.16. The summed E-state index contributed by atoms with van der Waals surface area (Å²) in [6, 6.07) is 5.37. The van der Waals surface area contributed by atoms with Crippen molar-refractivity contribution in [3.8, 4) is 12.3 Å². The summed E-state index contributed by atoms with van der Waals surface area (Å²) in [5.41, 5.74) is 0.155. The van der Waals surface area contributed by atoms with E-state index in [2.05, 4.69) is 10.9 Å². The number of amides is 1. The van der Waals surface area contributed by atoms with Crippen LogP contribution < -0.4 is 4.80 Å². The van der Waals surface area contributed by atoms with Crippen LogP contribution in [0.5, 0.6) is 0 Å². The van der Waals surface area contributed by atoms with Gasteiger partial charge in [-0.15, -0.1) is 17.8 Å². The van der Waals surface area contributed by atoms with Crippen LogP contribution in [-0.2, 0) is 6.54 Å². The zero-order chi connectivity index (χ0) is 15.7. The lowest BCUT2D eigenvalue weighted by atomic mass is 10.3. The van der Waals surface area contributed by atoms with E-state index >= 15 is 0 Å². The van der Waals surface area contributed by atoms with Gasteiger partial charge in [0.1, 0.15) is 5.82 Å². The molecular formula is C15H8F2N2OS2. The van der Waals surface area contributed by atoms with E-state index in [-0.39, 0.29) is 16.9 Å². The van der Waals surface area contributed by atoms with E-state index in [1.165, 1.54) is 22.0 Å². The Bertz CT molecular complexity index is 962. The van der Waals surface area contributed by atoms with Crippen molar-refractivity contribution in [1.29, 1.82) is 0 Å². The first-order valence-electron chi connectivity index (χ1n) is 6.14. The normalized spacial score (nSPS) is 11.8. The number of hydrogen-bond acceptors (Lipinski definition) is 3. The molecule has 3 rings (SSSR count). The van der Waals surface area contributed by atoms with E-state index in [1.54, 1.807) is 17.5 Å². The van der Waals surface area contributed by atoms with Gasteiger partial charge in [-0.2, -0.15) is 4.99 Å². The van der Waals surface area contributed by atoms with Crippen LogP contribution in [0.2, 0.25) is 0 Å². The molecule has 1 aromatic carbocycles. The first kappa shape index (κ1) is 14.6. The van der Waals surface area contributed by atoms with Crippen molar-refractivity contribution in [2.45, 2.75) is 6.54 Å². The fraction of sp³-hybridized carbons (Fsp3) is 0.0667. The van der Waals surface area contributed by atoms with Crippen molar-refractivity contribution < 1.29 is 13.6 Å². The number of hydrogen-bond donors (Lipinski definition) is 0. The van der Waals surface area contributed by atoms with Crippen molar-refractivity contribution in [2.75, 3.05) is 0 Å². The van der Waals surface area contributed by atoms with Crippen molar-refractivity contribution in [3.63, 3.8) is 0 Å². The highest BCUT2D eigenvalue weighted by Crippen LogP contribution is 2.22. The topological polar surface area (TPSA) is 34.4 Å². The molecule has 0 bridgehead atoms. The molecule has 7 heteroatoms.